The zero-order chi connectivity index (χ0) is 31.8. The average molecular weight is 597 g/mol. The maximum atomic E-state index is 13.7. The van der Waals surface area contributed by atoms with Crippen LogP contribution >= 0.6 is 0 Å². The van der Waals surface area contributed by atoms with Gasteiger partial charge in [-0.2, -0.15) is 4.89 Å². The second-order valence-electron chi connectivity index (χ2n) is 13.4. The first-order chi connectivity index (χ1) is 19.4. The summed E-state index contributed by atoms with van der Waals surface area (Å²) in [5, 5.41) is 0. The van der Waals surface area contributed by atoms with E-state index in [0.717, 1.165) is 0 Å². The third kappa shape index (κ3) is 10.4. The van der Waals surface area contributed by atoms with Gasteiger partial charge in [-0.15, -0.1) is 0 Å². The normalized spacial score (nSPS) is 22.6. The molecule has 1 fully saturated rings. The number of ether oxygens (including phenoxy) is 4. The predicted octanol–water partition coefficient (Wildman–Crippen LogP) is 4.79. The first kappa shape index (κ1) is 35.2. The zero-order valence-corrected chi connectivity index (χ0v) is 26.4. The fraction of sp³-hybridized carbons (Fsp3) is 0.774. The number of ketones is 1. The molecule has 1 heterocycles. The molecule has 3 unspecified atom stereocenters. The quantitative estimate of drug-likeness (QED) is 0.0847. The Morgan fingerprint density at radius 3 is 2.31 bits per heavy atom. The van der Waals surface area contributed by atoms with Crippen molar-refractivity contribution in [2.24, 2.45) is 22.2 Å². The van der Waals surface area contributed by atoms with E-state index < -0.39 is 46.2 Å². The van der Waals surface area contributed by atoms with Crippen LogP contribution in [0.5, 0.6) is 0 Å². The summed E-state index contributed by atoms with van der Waals surface area (Å²) < 4.78 is 21.3. The molecular formula is C31H48O11. The molecule has 0 amide bonds. The lowest BCUT2D eigenvalue weighted by Gasteiger charge is -2.40. The van der Waals surface area contributed by atoms with Crippen LogP contribution in [-0.2, 0) is 52.7 Å². The van der Waals surface area contributed by atoms with Crippen molar-refractivity contribution in [3.63, 3.8) is 0 Å². The van der Waals surface area contributed by atoms with Gasteiger partial charge in [-0.1, -0.05) is 20.8 Å². The molecule has 0 N–H and O–H groups in total. The highest BCUT2D eigenvalue weighted by Crippen LogP contribution is 2.43. The molecule has 42 heavy (non-hydrogen) atoms. The van der Waals surface area contributed by atoms with Crippen molar-refractivity contribution in [3.05, 3.63) is 11.8 Å². The Morgan fingerprint density at radius 2 is 1.71 bits per heavy atom. The summed E-state index contributed by atoms with van der Waals surface area (Å²) in [6.45, 7) is 12.8. The van der Waals surface area contributed by atoms with Gasteiger partial charge < -0.3 is 23.8 Å². The standard InChI is InChI=1S/C31H48O11/c1-9-21(25(34)37-8)16-30(6,27(36)41-31(7)11-14-38-24(33)19-31)20-29(4,5)26(35)39-12-10-13-40-42-23-15-22(32)17-28(2,3)18-23/h15,21H,9-14,16-20H2,1-8H3. The molecule has 0 aromatic rings. The largest absolute Gasteiger partial charge is 0.469 e. The third-order valence-corrected chi connectivity index (χ3v) is 7.75. The van der Waals surface area contributed by atoms with Gasteiger partial charge in [0, 0.05) is 31.8 Å². The summed E-state index contributed by atoms with van der Waals surface area (Å²) in [5.74, 6) is -2.17. The highest BCUT2D eigenvalue weighted by atomic mass is 17.2. The van der Waals surface area contributed by atoms with Gasteiger partial charge in [0.1, 0.15) is 11.4 Å². The number of hydrogen-bond donors (Lipinski definition) is 0. The monoisotopic (exact) mass is 596 g/mol. The van der Waals surface area contributed by atoms with Gasteiger partial charge in [-0.25, -0.2) is 0 Å². The Bertz CT molecular complexity index is 1040. The van der Waals surface area contributed by atoms with Crippen molar-refractivity contribution in [2.75, 3.05) is 26.9 Å². The van der Waals surface area contributed by atoms with E-state index in [1.165, 1.54) is 13.2 Å². The van der Waals surface area contributed by atoms with Crippen LogP contribution in [0.3, 0.4) is 0 Å². The summed E-state index contributed by atoms with van der Waals surface area (Å²) in [6, 6.07) is 0. The van der Waals surface area contributed by atoms with Crippen molar-refractivity contribution in [1.82, 2.24) is 0 Å². The van der Waals surface area contributed by atoms with Gasteiger partial charge in [-0.3, -0.25) is 24.0 Å². The van der Waals surface area contributed by atoms with E-state index in [2.05, 4.69) is 0 Å². The molecule has 2 rings (SSSR count). The Kier molecular flexibility index (Phi) is 12.2. The van der Waals surface area contributed by atoms with Gasteiger partial charge in [0.05, 0.1) is 50.1 Å². The SMILES string of the molecule is CCC(CC(C)(CC(C)(C)C(=O)OCCCOOC1=CC(=O)CC(C)(C)C1)C(=O)OC1(C)CCOC(=O)C1)C(=O)OC. The van der Waals surface area contributed by atoms with Crippen LogP contribution in [0, 0.1) is 22.2 Å². The molecule has 11 heteroatoms. The Balaban J connectivity index is 2.01. The molecule has 3 atom stereocenters. The van der Waals surface area contributed by atoms with Crippen LogP contribution in [-0.4, -0.2) is 62.2 Å². The van der Waals surface area contributed by atoms with E-state index in [4.69, 9.17) is 28.7 Å². The molecule has 238 valence electrons. The number of carbonyl (C=O) groups excluding carboxylic acids is 5. The van der Waals surface area contributed by atoms with Crippen molar-refractivity contribution < 1.29 is 52.7 Å². The highest BCUT2D eigenvalue weighted by Gasteiger charge is 2.48. The first-order valence-electron chi connectivity index (χ1n) is 14.6. The van der Waals surface area contributed by atoms with Crippen molar-refractivity contribution in [1.29, 1.82) is 0 Å². The Hall–Kier alpha value is -2.95. The van der Waals surface area contributed by atoms with Crippen molar-refractivity contribution in [3.8, 4) is 0 Å². The molecule has 0 spiro atoms. The van der Waals surface area contributed by atoms with Crippen molar-refractivity contribution in [2.45, 2.75) is 105 Å². The summed E-state index contributed by atoms with van der Waals surface area (Å²) in [5.41, 5.74) is -3.63. The number of rotatable bonds is 15. The molecule has 0 aromatic carbocycles. The maximum Gasteiger partial charge on any atom is 0.312 e. The Labute approximate surface area is 248 Å². The minimum atomic E-state index is -1.27. The molecule has 2 aliphatic rings. The number of hydrogen-bond acceptors (Lipinski definition) is 11. The summed E-state index contributed by atoms with van der Waals surface area (Å²) >= 11 is 0. The molecule has 0 saturated carbocycles. The van der Waals surface area contributed by atoms with E-state index in [9.17, 15) is 24.0 Å². The van der Waals surface area contributed by atoms with E-state index >= 15 is 0 Å². The topological polar surface area (TPSA) is 141 Å². The number of esters is 4. The lowest BCUT2D eigenvalue weighted by molar-refractivity contribution is -0.267. The van der Waals surface area contributed by atoms with Crippen LogP contribution in [0.4, 0.5) is 0 Å². The number of carbonyl (C=O) groups is 5. The number of methoxy groups -OCH3 is 1. The molecule has 1 aliphatic heterocycles. The fourth-order valence-corrected chi connectivity index (χ4v) is 5.58. The lowest BCUT2D eigenvalue weighted by atomic mass is 9.69. The smallest absolute Gasteiger partial charge is 0.312 e. The van der Waals surface area contributed by atoms with Gasteiger partial charge >= 0.3 is 23.9 Å². The van der Waals surface area contributed by atoms with E-state index in [-0.39, 0.29) is 50.3 Å². The summed E-state index contributed by atoms with van der Waals surface area (Å²) in [7, 11) is 1.29. The van der Waals surface area contributed by atoms with Crippen LogP contribution < -0.4 is 0 Å². The number of allylic oxidation sites excluding steroid dienone is 2. The molecule has 0 bridgehead atoms. The van der Waals surface area contributed by atoms with Crippen LogP contribution in [0.1, 0.15) is 99.8 Å². The average Bonchev–Trinajstić information content (AvgIpc) is 2.86. The Morgan fingerprint density at radius 1 is 1.02 bits per heavy atom. The highest BCUT2D eigenvalue weighted by molar-refractivity contribution is 5.91. The van der Waals surface area contributed by atoms with Gasteiger partial charge in [-0.05, 0) is 52.4 Å². The predicted molar refractivity (Wildman–Crippen MR) is 150 cm³/mol. The molecule has 1 aliphatic carbocycles. The summed E-state index contributed by atoms with van der Waals surface area (Å²) in [4.78, 5) is 73.5. The van der Waals surface area contributed by atoms with E-state index in [0.29, 0.717) is 37.9 Å². The van der Waals surface area contributed by atoms with Gasteiger partial charge in [0.2, 0.25) is 0 Å². The van der Waals surface area contributed by atoms with Gasteiger partial charge in [0.15, 0.2) is 5.78 Å². The van der Waals surface area contributed by atoms with Gasteiger partial charge in [0.25, 0.3) is 0 Å². The van der Waals surface area contributed by atoms with Crippen LogP contribution in [0.2, 0.25) is 0 Å². The third-order valence-electron chi connectivity index (χ3n) is 7.75. The van der Waals surface area contributed by atoms with Crippen molar-refractivity contribution >= 4 is 29.7 Å². The first-order valence-corrected chi connectivity index (χ1v) is 14.6. The maximum absolute atomic E-state index is 13.7. The molecule has 11 nitrogen and oxygen atoms in total. The van der Waals surface area contributed by atoms with Crippen LogP contribution in [0.25, 0.3) is 0 Å². The molecular weight excluding hydrogens is 548 g/mol. The minimum absolute atomic E-state index is 0.0101. The molecule has 0 aromatic heterocycles. The second-order valence-corrected chi connectivity index (χ2v) is 13.4. The second kappa shape index (κ2) is 14.5. The lowest BCUT2D eigenvalue weighted by Crippen LogP contribution is -2.47. The molecule has 1 saturated heterocycles. The summed E-state index contributed by atoms with van der Waals surface area (Å²) in [6.07, 6.45) is 3.65. The van der Waals surface area contributed by atoms with E-state index in [1.807, 2.05) is 20.8 Å². The zero-order valence-electron chi connectivity index (χ0n) is 26.4. The van der Waals surface area contributed by atoms with E-state index in [1.54, 1.807) is 27.7 Å². The fourth-order valence-electron chi connectivity index (χ4n) is 5.58. The number of cyclic esters (lactones) is 1. The van der Waals surface area contributed by atoms with Crippen LogP contribution in [0.15, 0.2) is 11.8 Å². The molecule has 0 radical (unpaired) electrons. The minimum Gasteiger partial charge on any atom is -0.469 e.